The molecular weight excluding hydrogens is 254 g/mol. The summed E-state index contributed by atoms with van der Waals surface area (Å²) in [5, 5.41) is 5.17. The Balaban J connectivity index is 2.17. The van der Waals surface area contributed by atoms with E-state index in [9.17, 15) is 9.59 Å². The predicted octanol–water partition coefficient (Wildman–Crippen LogP) is 2.20. The van der Waals surface area contributed by atoms with Crippen molar-refractivity contribution in [3.8, 4) is 11.1 Å². The number of carbonyl (C=O) groups is 2. The molecule has 0 saturated carbocycles. The van der Waals surface area contributed by atoms with Gasteiger partial charge in [-0.2, -0.15) is 0 Å². The van der Waals surface area contributed by atoms with Gasteiger partial charge in [0, 0.05) is 18.3 Å². The zero-order valence-electron chi connectivity index (χ0n) is 11.0. The zero-order valence-corrected chi connectivity index (χ0v) is 11.0. The van der Waals surface area contributed by atoms with E-state index in [1.165, 1.54) is 0 Å². The summed E-state index contributed by atoms with van der Waals surface area (Å²) in [6, 6.07) is 14.2. The van der Waals surface area contributed by atoms with E-state index in [2.05, 4.69) is 10.6 Å². The van der Waals surface area contributed by atoms with Gasteiger partial charge in [0.1, 0.15) is 0 Å². The molecule has 0 unspecified atom stereocenters. The lowest BCUT2D eigenvalue weighted by atomic mass is 10.0. The fourth-order valence-electron chi connectivity index (χ4n) is 1.77. The molecule has 0 radical (unpaired) electrons. The quantitative estimate of drug-likeness (QED) is 0.798. The molecule has 3 amide bonds. The van der Waals surface area contributed by atoms with Crippen molar-refractivity contribution >= 4 is 17.6 Å². The predicted molar refractivity (Wildman–Crippen MR) is 78.5 cm³/mol. The largest absolute Gasteiger partial charge is 0.366 e. The number of primary amides is 1. The van der Waals surface area contributed by atoms with Crippen molar-refractivity contribution in [3.05, 3.63) is 54.1 Å². The van der Waals surface area contributed by atoms with Gasteiger partial charge in [0.05, 0.1) is 0 Å². The summed E-state index contributed by atoms with van der Waals surface area (Å²) in [4.78, 5) is 22.2. The summed E-state index contributed by atoms with van der Waals surface area (Å²) in [7, 11) is 1.56. The molecule has 0 saturated heterocycles. The number of anilines is 1. The monoisotopic (exact) mass is 269 g/mol. The van der Waals surface area contributed by atoms with Crippen molar-refractivity contribution in [1.29, 1.82) is 0 Å². The molecule has 102 valence electrons. The molecular formula is C15H15N3O2. The second kappa shape index (κ2) is 5.88. The van der Waals surface area contributed by atoms with E-state index in [0.717, 1.165) is 11.1 Å². The number of hydrogen-bond acceptors (Lipinski definition) is 2. The maximum absolute atomic E-state index is 11.2. The van der Waals surface area contributed by atoms with Crippen LogP contribution in [0.15, 0.2) is 48.5 Å². The van der Waals surface area contributed by atoms with Crippen molar-refractivity contribution in [2.24, 2.45) is 5.73 Å². The Hall–Kier alpha value is -2.82. The minimum Gasteiger partial charge on any atom is -0.366 e. The Morgan fingerprint density at radius 1 is 0.900 bits per heavy atom. The van der Waals surface area contributed by atoms with E-state index in [4.69, 9.17) is 5.73 Å². The Labute approximate surface area is 116 Å². The maximum atomic E-state index is 11.2. The van der Waals surface area contributed by atoms with Crippen molar-refractivity contribution in [1.82, 2.24) is 5.32 Å². The minimum atomic E-state index is -0.443. The van der Waals surface area contributed by atoms with Crippen molar-refractivity contribution in [2.75, 3.05) is 12.4 Å². The average Bonchev–Trinajstić information content (AvgIpc) is 2.48. The van der Waals surface area contributed by atoms with Crippen LogP contribution in [-0.4, -0.2) is 19.0 Å². The van der Waals surface area contributed by atoms with Gasteiger partial charge in [-0.05, 0) is 35.4 Å². The summed E-state index contributed by atoms with van der Waals surface area (Å²) < 4.78 is 0. The van der Waals surface area contributed by atoms with Gasteiger partial charge in [0.2, 0.25) is 5.91 Å². The van der Waals surface area contributed by atoms with Gasteiger partial charge in [0.15, 0.2) is 0 Å². The Morgan fingerprint density at radius 3 is 1.85 bits per heavy atom. The standard InChI is InChI=1S/C15H15N3O2/c1-17-15(20)18-13-8-6-11(7-9-13)10-2-4-12(5-3-10)14(16)19/h2-9H,1H3,(H2,16,19)(H2,17,18,20). The van der Waals surface area contributed by atoms with E-state index in [-0.39, 0.29) is 6.03 Å². The molecule has 5 nitrogen and oxygen atoms in total. The van der Waals surface area contributed by atoms with Gasteiger partial charge in [-0.15, -0.1) is 0 Å². The van der Waals surface area contributed by atoms with Crippen LogP contribution in [0.5, 0.6) is 0 Å². The van der Waals surface area contributed by atoms with Crippen molar-refractivity contribution in [3.63, 3.8) is 0 Å². The molecule has 0 aliphatic heterocycles. The molecule has 0 aliphatic carbocycles. The highest BCUT2D eigenvalue weighted by molar-refractivity contribution is 5.93. The Kier molecular flexibility index (Phi) is 4.00. The van der Waals surface area contributed by atoms with Gasteiger partial charge in [-0.1, -0.05) is 24.3 Å². The van der Waals surface area contributed by atoms with Gasteiger partial charge in [-0.3, -0.25) is 4.79 Å². The van der Waals surface area contributed by atoms with Crippen LogP contribution >= 0.6 is 0 Å². The molecule has 0 spiro atoms. The van der Waals surface area contributed by atoms with Gasteiger partial charge in [0.25, 0.3) is 0 Å². The lowest BCUT2D eigenvalue weighted by Gasteiger charge is -2.06. The topological polar surface area (TPSA) is 84.2 Å². The summed E-state index contributed by atoms with van der Waals surface area (Å²) in [5.41, 5.74) is 8.35. The summed E-state index contributed by atoms with van der Waals surface area (Å²) in [6.45, 7) is 0. The van der Waals surface area contributed by atoms with Crippen LogP contribution in [0.4, 0.5) is 10.5 Å². The van der Waals surface area contributed by atoms with Crippen molar-refractivity contribution in [2.45, 2.75) is 0 Å². The number of benzene rings is 2. The van der Waals surface area contributed by atoms with Crippen LogP contribution in [0.25, 0.3) is 11.1 Å². The SMILES string of the molecule is CNC(=O)Nc1ccc(-c2ccc(C(N)=O)cc2)cc1. The fourth-order valence-corrected chi connectivity index (χ4v) is 1.77. The maximum Gasteiger partial charge on any atom is 0.318 e. The summed E-state index contributed by atoms with van der Waals surface area (Å²) >= 11 is 0. The van der Waals surface area contributed by atoms with Gasteiger partial charge in [-0.25, -0.2) is 4.79 Å². The highest BCUT2D eigenvalue weighted by Gasteiger charge is 2.03. The third-order valence-corrected chi connectivity index (χ3v) is 2.87. The minimum absolute atomic E-state index is 0.261. The lowest BCUT2D eigenvalue weighted by Crippen LogP contribution is -2.24. The number of urea groups is 1. The number of nitrogens with two attached hydrogens (primary N) is 1. The van der Waals surface area contributed by atoms with Gasteiger partial charge < -0.3 is 16.4 Å². The second-order valence-electron chi connectivity index (χ2n) is 4.22. The molecule has 0 heterocycles. The van der Waals surface area contributed by atoms with Gasteiger partial charge >= 0.3 is 6.03 Å². The number of nitrogens with one attached hydrogen (secondary N) is 2. The third kappa shape index (κ3) is 3.14. The smallest absolute Gasteiger partial charge is 0.318 e. The van der Waals surface area contributed by atoms with Crippen LogP contribution in [0.3, 0.4) is 0 Å². The molecule has 5 heteroatoms. The number of carbonyl (C=O) groups excluding carboxylic acids is 2. The molecule has 0 fully saturated rings. The van der Waals surface area contributed by atoms with E-state index < -0.39 is 5.91 Å². The average molecular weight is 269 g/mol. The van der Waals surface area contributed by atoms with Crippen LogP contribution < -0.4 is 16.4 Å². The zero-order chi connectivity index (χ0) is 14.5. The molecule has 0 aromatic heterocycles. The van der Waals surface area contributed by atoms with E-state index >= 15 is 0 Å². The fraction of sp³-hybridized carbons (Fsp3) is 0.0667. The molecule has 2 aromatic rings. The summed E-state index contributed by atoms with van der Waals surface area (Å²) in [6.07, 6.45) is 0. The van der Waals surface area contributed by atoms with Crippen LogP contribution in [-0.2, 0) is 0 Å². The molecule has 4 N–H and O–H groups in total. The first-order valence-electron chi connectivity index (χ1n) is 6.09. The molecule has 0 bridgehead atoms. The molecule has 0 atom stereocenters. The second-order valence-corrected chi connectivity index (χ2v) is 4.22. The number of hydrogen-bond donors (Lipinski definition) is 3. The third-order valence-electron chi connectivity index (χ3n) is 2.87. The highest BCUT2D eigenvalue weighted by atomic mass is 16.2. The van der Waals surface area contributed by atoms with Crippen LogP contribution in [0.2, 0.25) is 0 Å². The lowest BCUT2D eigenvalue weighted by molar-refractivity contribution is 0.100. The van der Waals surface area contributed by atoms with E-state index in [0.29, 0.717) is 11.3 Å². The Bertz CT molecular complexity index is 619. The number of rotatable bonds is 3. The molecule has 2 aromatic carbocycles. The highest BCUT2D eigenvalue weighted by Crippen LogP contribution is 2.21. The van der Waals surface area contributed by atoms with Crippen LogP contribution in [0, 0.1) is 0 Å². The van der Waals surface area contributed by atoms with Crippen LogP contribution in [0.1, 0.15) is 10.4 Å². The van der Waals surface area contributed by atoms with E-state index in [1.807, 2.05) is 36.4 Å². The summed E-state index contributed by atoms with van der Waals surface area (Å²) in [5.74, 6) is -0.443. The normalized spacial score (nSPS) is 9.85. The van der Waals surface area contributed by atoms with Crippen molar-refractivity contribution < 1.29 is 9.59 Å². The number of amides is 3. The molecule has 0 aliphatic rings. The van der Waals surface area contributed by atoms with E-state index in [1.54, 1.807) is 19.2 Å². The Morgan fingerprint density at radius 2 is 1.40 bits per heavy atom. The first kappa shape index (κ1) is 13.6. The molecule has 20 heavy (non-hydrogen) atoms. The molecule has 2 rings (SSSR count). The first-order valence-corrected chi connectivity index (χ1v) is 6.09. The first-order chi connectivity index (χ1) is 9.60.